The van der Waals surface area contributed by atoms with E-state index in [1.807, 2.05) is 97.5 Å². The summed E-state index contributed by atoms with van der Waals surface area (Å²) in [4.78, 5) is 19.8. The summed E-state index contributed by atoms with van der Waals surface area (Å²) in [6.07, 6.45) is 0. The number of benzene rings is 3. The quantitative estimate of drug-likeness (QED) is 0.388. The van der Waals surface area contributed by atoms with E-state index in [1.165, 1.54) is 0 Å². The molecule has 4 rings (SSSR count). The molecule has 0 fully saturated rings. The molecular weight excluding hydrogens is 428 g/mol. The highest BCUT2D eigenvalue weighted by Crippen LogP contribution is 2.22. The Morgan fingerprint density at radius 3 is 2.50 bits per heavy atom. The van der Waals surface area contributed by atoms with Gasteiger partial charge in [-0.15, -0.1) is 0 Å². The van der Waals surface area contributed by atoms with Gasteiger partial charge in [-0.25, -0.2) is 4.98 Å². The van der Waals surface area contributed by atoms with Gasteiger partial charge in [0.1, 0.15) is 30.5 Å². The van der Waals surface area contributed by atoms with E-state index >= 15 is 0 Å². The lowest BCUT2D eigenvalue weighted by molar-refractivity contribution is -0.121. The molecule has 0 aliphatic heterocycles. The molecule has 0 aliphatic carbocycles. The molecule has 0 saturated heterocycles. The fourth-order valence-corrected chi connectivity index (χ4v) is 3.93. The van der Waals surface area contributed by atoms with E-state index in [2.05, 4.69) is 10.2 Å². The van der Waals surface area contributed by atoms with E-state index < -0.39 is 0 Å². The molecule has 0 spiro atoms. The number of aromatic nitrogens is 2. The van der Waals surface area contributed by atoms with Crippen molar-refractivity contribution in [2.24, 2.45) is 0 Å². The molecule has 34 heavy (non-hydrogen) atoms. The van der Waals surface area contributed by atoms with Crippen molar-refractivity contribution in [2.75, 3.05) is 27.7 Å². The summed E-state index contributed by atoms with van der Waals surface area (Å²) in [7, 11) is 5.65. The maximum Gasteiger partial charge on any atom is 0.240 e. The summed E-state index contributed by atoms with van der Waals surface area (Å²) in [6, 6.07) is 25.3. The highest BCUT2D eigenvalue weighted by Gasteiger charge is 2.18. The summed E-state index contributed by atoms with van der Waals surface area (Å²) in [5, 5.41) is 3.09. The summed E-state index contributed by atoms with van der Waals surface area (Å²) in [6.45, 7) is 0.907. The number of nitrogens with one attached hydrogen (secondary N) is 1. The molecule has 1 unspecified atom stereocenters. The van der Waals surface area contributed by atoms with Crippen molar-refractivity contribution in [3.63, 3.8) is 0 Å². The number of carbonyl (C=O) groups excluding carboxylic acids is 1. The Labute approximate surface area is 199 Å². The number of ether oxygens (including phenoxy) is 2. The molecule has 1 aromatic heterocycles. The molecule has 0 radical (unpaired) electrons. The monoisotopic (exact) mass is 458 g/mol. The Hall–Kier alpha value is -3.84. The van der Waals surface area contributed by atoms with E-state index in [0.29, 0.717) is 12.4 Å². The zero-order chi connectivity index (χ0) is 23.9. The second-order valence-corrected chi connectivity index (χ2v) is 8.26. The lowest BCUT2D eigenvalue weighted by Crippen LogP contribution is -2.36. The number of carbonyl (C=O) groups is 1. The van der Waals surface area contributed by atoms with Crippen LogP contribution in [0, 0.1) is 0 Å². The number of para-hydroxylation sites is 3. The second kappa shape index (κ2) is 10.9. The van der Waals surface area contributed by atoms with Crippen molar-refractivity contribution >= 4 is 16.9 Å². The van der Waals surface area contributed by atoms with Crippen LogP contribution in [0.4, 0.5) is 0 Å². The van der Waals surface area contributed by atoms with Gasteiger partial charge < -0.3 is 24.3 Å². The van der Waals surface area contributed by atoms with Gasteiger partial charge in [0.2, 0.25) is 5.91 Å². The SMILES string of the molecule is COc1cccc(C(CNC(=O)Cn2c(COc3ccccc3)nc3ccccc32)N(C)C)c1. The highest BCUT2D eigenvalue weighted by molar-refractivity contribution is 5.81. The molecule has 4 aromatic rings. The van der Waals surface area contributed by atoms with Gasteiger partial charge in [0, 0.05) is 6.54 Å². The van der Waals surface area contributed by atoms with Gasteiger partial charge in [-0.3, -0.25) is 4.79 Å². The van der Waals surface area contributed by atoms with Crippen LogP contribution in [0.25, 0.3) is 11.0 Å². The number of amides is 1. The molecule has 1 atom stereocenters. The molecule has 3 aromatic carbocycles. The van der Waals surface area contributed by atoms with Crippen molar-refractivity contribution in [1.29, 1.82) is 0 Å². The number of methoxy groups -OCH3 is 1. The Kier molecular flexibility index (Phi) is 7.44. The van der Waals surface area contributed by atoms with E-state index in [-0.39, 0.29) is 25.1 Å². The first-order chi connectivity index (χ1) is 16.5. The number of fused-ring (bicyclic) bond motifs is 1. The third-order valence-corrected chi connectivity index (χ3v) is 5.74. The number of likely N-dealkylation sites (N-methyl/N-ethyl adjacent to an activating group) is 1. The molecule has 1 N–H and O–H groups in total. The largest absolute Gasteiger partial charge is 0.497 e. The highest BCUT2D eigenvalue weighted by atomic mass is 16.5. The standard InChI is InChI=1S/C27H30N4O3/c1-30(2)25(20-10-9-13-22(16-20)33-3)17-28-27(32)18-31-24-15-8-7-14-23(24)29-26(31)19-34-21-11-5-4-6-12-21/h4-16,25H,17-19H2,1-3H3,(H,28,32). The first-order valence-electron chi connectivity index (χ1n) is 11.2. The number of rotatable bonds is 10. The molecule has 0 saturated carbocycles. The maximum atomic E-state index is 13.0. The number of imidazole rings is 1. The van der Waals surface area contributed by atoms with Crippen molar-refractivity contribution in [1.82, 2.24) is 19.8 Å². The minimum atomic E-state index is -0.0844. The normalized spacial score (nSPS) is 12.0. The van der Waals surface area contributed by atoms with Crippen molar-refractivity contribution in [3.05, 3.63) is 90.3 Å². The first-order valence-corrected chi connectivity index (χ1v) is 11.2. The van der Waals surface area contributed by atoms with Crippen molar-refractivity contribution in [3.8, 4) is 11.5 Å². The summed E-state index contributed by atoms with van der Waals surface area (Å²) in [5.41, 5.74) is 2.82. The van der Waals surface area contributed by atoms with E-state index in [1.54, 1.807) is 7.11 Å². The van der Waals surface area contributed by atoms with Crippen LogP contribution in [0.5, 0.6) is 11.5 Å². The molecule has 7 nitrogen and oxygen atoms in total. The molecule has 0 aliphatic rings. The van der Waals surface area contributed by atoms with Gasteiger partial charge in [-0.2, -0.15) is 0 Å². The fraction of sp³-hybridized carbons (Fsp3) is 0.259. The smallest absolute Gasteiger partial charge is 0.240 e. The molecule has 0 bridgehead atoms. The van der Waals surface area contributed by atoms with Gasteiger partial charge in [0.05, 0.1) is 24.2 Å². The lowest BCUT2D eigenvalue weighted by atomic mass is 10.1. The van der Waals surface area contributed by atoms with Gasteiger partial charge in [0.25, 0.3) is 0 Å². The van der Waals surface area contributed by atoms with Gasteiger partial charge in [-0.05, 0) is 56.1 Å². The van der Waals surface area contributed by atoms with Gasteiger partial charge in [-0.1, -0.05) is 42.5 Å². The van der Waals surface area contributed by atoms with Gasteiger partial charge >= 0.3 is 0 Å². The maximum absolute atomic E-state index is 13.0. The van der Waals surface area contributed by atoms with Crippen LogP contribution in [0.15, 0.2) is 78.9 Å². The van der Waals surface area contributed by atoms with E-state index in [0.717, 1.165) is 28.1 Å². The molecule has 7 heteroatoms. The number of hydrogen-bond donors (Lipinski definition) is 1. The Bertz CT molecular complexity index is 1240. The molecule has 176 valence electrons. The van der Waals surface area contributed by atoms with Crippen LogP contribution >= 0.6 is 0 Å². The van der Waals surface area contributed by atoms with Crippen LogP contribution in [0.1, 0.15) is 17.4 Å². The summed E-state index contributed by atoms with van der Waals surface area (Å²) < 4.78 is 13.2. The van der Waals surface area contributed by atoms with Crippen LogP contribution in [-0.2, 0) is 17.9 Å². The van der Waals surface area contributed by atoms with Crippen molar-refractivity contribution in [2.45, 2.75) is 19.2 Å². The predicted octanol–water partition coefficient (Wildman–Crippen LogP) is 4.04. The topological polar surface area (TPSA) is 68.6 Å². The van der Waals surface area contributed by atoms with Crippen LogP contribution in [0.3, 0.4) is 0 Å². The summed E-state index contributed by atoms with van der Waals surface area (Å²) >= 11 is 0. The van der Waals surface area contributed by atoms with E-state index in [4.69, 9.17) is 14.5 Å². The van der Waals surface area contributed by atoms with E-state index in [9.17, 15) is 4.79 Å². The molecular formula is C27H30N4O3. The van der Waals surface area contributed by atoms with Crippen LogP contribution < -0.4 is 14.8 Å². The van der Waals surface area contributed by atoms with Gasteiger partial charge in [0.15, 0.2) is 0 Å². The zero-order valence-electron chi connectivity index (χ0n) is 19.8. The number of nitrogens with zero attached hydrogens (tertiary/aromatic N) is 3. The first kappa shape index (κ1) is 23.3. The van der Waals surface area contributed by atoms with Crippen molar-refractivity contribution < 1.29 is 14.3 Å². The van der Waals surface area contributed by atoms with Crippen LogP contribution in [-0.4, -0.2) is 48.1 Å². The third-order valence-electron chi connectivity index (χ3n) is 5.74. The predicted molar refractivity (Wildman–Crippen MR) is 133 cm³/mol. The zero-order valence-corrected chi connectivity index (χ0v) is 19.8. The summed E-state index contributed by atoms with van der Waals surface area (Å²) in [5.74, 6) is 2.18. The second-order valence-electron chi connectivity index (χ2n) is 8.26. The molecule has 1 heterocycles. The minimum absolute atomic E-state index is 0.0134. The van der Waals surface area contributed by atoms with Crippen LogP contribution in [0.2, 0.25) is 0 Å². The fourth-order valence-electron chi connectivity index (χ4n) is 3.93. The average Bonchev–Trinajstić information content (AvgIpc) is 3.20. The lowest BCUT2D eigenvalue weighted by Gasteiger charge is -2.25. The Morgan fingerprint density at radius 2 is 1.74 bits per heavy atom. The third kappa shape index (κ3) is 5.55. The molecule has 1 amide bonds. The minimum Gasteiger partial charge on any atom is -0.497 e. The average molecular weight is 459 g/mol. The Morgan fingerprint density at radius 1 is 1.00 bits per heavy atom. The number of hydrogen-bond acceptors (Lipinski definition) is 5. The Balaban J connectivity index is 1.48.